The predicted octanol–water partition coefficient (Wildman–Crippen LogP) is 1.90. The molecule has 128 valence electrons. The van der Waals surface area contributed by atoms with Gasteiger partial charge in [0.15, 0.2) is 11.6 Å². The number of halogens is 1. The van der Waals surface area contributed by atoms with E-state index in [1.54, 1.807) is 0 Å². The normalized spacial score (nSPS) is 16.1. The SMILES string of the molecule is CN1CCN(Nc2ncnc(NCc3ccccc3Cl)c2N)CC1. The van der Waals surface area contributed by atoms with Crippen molar-refractivity contribution in [3.8, 4) is 0 Å². The van der Waals surface area contributed by atoms with Crippen molar-refractivity contribution in [2.24, 2.45) is 0 Å². The Hall–Kier alpha value is -2.09. The second-order valence-corrected chi connectivity index (χ2v) is 6.24. The zero-order chi connectivity index (χ0) is 16.9. The Balaban J connectivity index is 1.66. The molecule has 7 nitrogen and oxygen atoms in total. The van der Waals surface area contributed by atoms with Crippen LogP contribution in [0.4, 0.5) is 17.3 Å². The Kier molecular flexibility index (Phi) is 5.34. The number of hydrazine groups is 1. The highest BCUT2D eigenvalue weighted by atomic mass is 35.5. The van der Waals surface area contributed by atoms with Crippen molar-refractivity contribution >= 4 is 28.9 Å². The van der Waals surface area contributed by atoms with E-state index in [9.17, 15) is 0 Å². The van der Waals surface area contributed by atoms with E-state index in [-0.39, 0.29) is 0 Å². The highest BCUT2D eigenvalue weighted by Gasteiger charge is 2.16. The Bertz CT molecular complexity index is 686. The Morgan fingerprint density at radius 3 is 2.58 bits per heavy atom. The molecule has 0 amide bonds. The molecular formula is C16H22ClN7. The number of nitrogen functional groups attached to an aromatic ring is 1. The molecule has 1 saturated heterocycles. The summed E-state index contributed by atoms with van der Waals surface area (Å²) in [4.78, 5) is 10.8. The number of hydrogen-bond donors (Lipinski definition) is 3. The molecule has 4 N–H and O–H groups in total. The first kappa shape index (κ1) is 16.8. The summed E-state index contributed by atoms with van der Waals surface area (Å²) in [5, 5.41) is 6.07. The first-order chi connectivity index (χ1) is 11.6. The molecule has 0 unspecified atom stereocenters. The van der Waals surface area contributed by atoms with Gasteiger partial charge in [0, 0.05) is 37.7 Å². The minimum Gasteiger partial charge on any atom is -0.393 e. The number of nitrogens with one attached hydrogen (secondary N) is 2. The molecule has 1 aromatic heterocycles. The van der Waals surface area contributed by atoms with Gasteiger partial charge in [-0.25, -0.2) is 15.0 Å². The average Bonchev–Trinajstić information content (AvgIpc) is 2.59. The van der Waals surface area contributed by atoms with Crippen molar-refractivity contribution in [1.29, 1.82) is 0 Å². The number of aromatic nitrogens is 2. The van der Waals surface area contributed by atoms with E-state index in [4.69, 9.17) is 17.3 Å². The van der Waals surface area contributed by atoms with E-state index in [0.717, 1.165) is 31.7 Å². The highest BCUT2D eigenvalue weighted by molar-refractivity contribution is 6.31. The first-order valence-electron chi connectivity index (χ1n) is 7.91. The molecule has 0 spiro atoms. The fourth-order valence-corrected chi connectivity index (χ4v) is 2.72. The summed E-state index contributed by atoms with van der Waals surface area (Å²) in [5.41, 5.74) is 11.0. The quantitative estimate of drug-likeness (QED) is 0.762. The fourth-order valence-electron chi connectivity index (χ4n) is 2.51. The van der Waals surface area contributed by atoms with Crippen molar-refractivity contribution in [3.63, 3.8) is 0 Å². The zero-order valence-electron chi connectivity index (χ0n) is 13.7. The van der Waals surface area contributed by atoms with Crippen LogP contribution in [0.15, 0.2) is 30.6 Å². The fraction of sp³-hybridized carbons (Fsp3) is 0.375. The number of likely N-dealkylation sites (N-methyl/N-ethyl adjacent to an activating group) is 1. The summed E-state index contributed by atoms with van der Waals surface area (Å²) >= 11 is 6.18. The van der Waals surface area contributed by atoms with Crippen molar-refractivity contribution in [2.75, 3.05) is 49.7 Å². The van der Waals surface area contributed by atoms with Crippen LogP contribution in [0.1, 0.15) is 5.56 Å². The van der Waals surface area contributed by atoms with Crippen LogP contribution in [0.25, 0.3) is 0 Å². The van der Waals surface area contributed by atoms with E-state index in [1.165, 1.54) is 6.33 Å². The standard InChI is InChI=1S/C16H22ClN7/c1-23-6-8-24(9-7-23)22-16-14(18)15(20-11-21-16)19-10-12-4-2-3-5-13(12)17/h2-5,11H,6-10,18H2,1H3,(H2,19,20,21,22). The molecule has 8 heteroatoms. The number of nitrogens with two attached hydrogens (primary N) is 1. The Morgan fingerprint density at radius 2 is 1.83 bits per heavy atom. The van der Waals surface area contributed by atoms with Gasteiger partial charge in [0.25, 0.3) is 0 Å². The van der Waals surface area contributed by atoms with Crippen LogP contribution in [-0.4, -0.2) is 53.1 Å². The Morgan fingerprint density at radius 1 is 1.12 bits per heavy atom. The highest BCUT2D eigenvalue weighted by Crippen LogP contribution is 2.24. The van der Waals surface area contributed by atoms with Gasteiger partial charge >= 0.3 is 0 Å². The maximum absolute atomic E-state index is 6.21. The molecule has 0 saturated carbocycles. The molecule has 0 aliphatic carbocycles. The molecular weight excluding hydrogens is 326 g/mol. The molecule has 0 radical (unpaired) electrons. The first-order valence-corrected chi connectivity index (χ1v) is 8.29. The number of anilines is 3. The van der Waals surface area contributed by atoms with E-state index in [0.29, 0.717) is 28.9 Å². The van der Waals surface area contributed by atoms with Gasteiger partial charge in [0.05, 0.1) is 0 Å². The van der Waals surface area contributed by atoms with Crippen LogP contribution >= 0.6 is 11.6 Å². The lowest BCUT2D eigenvalue weighted by Gasteiger charge is -2.32. The molecule has 1 aliphatic heterocycles. The van der Waals surface area contributed by atoms with Gasteiger partial charge in [-0.15, -0.1) is 0 Å². The van der Waals surface area contributed by atoms with Gasteiger partial charge in [0.2, 0.25) is 0 Å². The molecule has 0 atom stereocenters. The van der Waals surface area contributed by atoms with Crippen molar-refractivity contribution < 1.29 is 0 Å². The lowest BCUT2D eigenvalue weighted by Crippen LogP contribution is -2.47. The van der Waals surface area contributed by atoms with Crippen molar-refractivity contribution in [2.45, 2.75) is 6.54 Å². The lowest BCUT2D eigenvalue weighted by atomic mass is 10.2. The summed E-state index contributed by atoms with van der Waals surface area (Å²) in [6.45, 7) is 4.41. The van der Waals surface area contributed by atoms with Gasteiger partial charge in [-0.3, -0.25) is 0 Å². The van der Waals surface area contributed by atoms with Crippen LogP contribution in [0.2, 0.25) is 5.02 Å². The summed E-state index contributed by atoms with van der Waals surface area (Å²) in [6, 6.07) is 7.69. The number of hydrogen-bond acceptors (Lipinski definition) is 7. The summed E-state index contributed by atoms with van der Waals surface area (Å²) in [6.07, 6.45) is 1.50. The van der Waals surface area contributed by atoms with Crippen LogP contribution in [0.3, 0.4) is 0 Å². The monoisotopic (exact) mass is 347 g/mol. The largest absolute Gasteiger partial charge is 0.393 e. The predicted molar refractivity (Wildman–Crippen MR) is 97.9 cm³/mol. The number of benzene rings is 1. The molecule has 2 heterocycles. The summed E-state index contributed by atoms with van der Waals surface area (Å²) in [7, 11) is 2.12. The van der Waals surface area contributed by atoms with Gasteiger partial charge in [0.1, 0.15) is 12.0 Å². The van der Waals surface area contributed by atoms with Crippen LogP contribution < -0.4 is 16.5 Å². The Labute approximate surface area is 146 Å². The number of nitrogens with zero attached hydrogens (tertiary/aromatic N) is 4. The van der Waals surface area contributed by atoms with E-state index < -0.39 is 0 Å². The molecule has 1 aromatic carbocycles. The van der Waals surface area contributed by atoms with Crippen LogP contribution in [-0.2, 0) is 6.54 Å². The van der Waals surface area contributed by atoms with E-state index in [2.05, 4.69) is 37.7 Å². The number of rotatable bonds is 5. The van der Waals surface area contributed by atoms with Gasteiger partial charge in [-0.2, -0.15) is 0 Å². The van der Waals surface area contributed by atoms with E-state index >= 15 is 0 Å². The molecule has 0 bridgehead atoms. The molecule has 3 rings (SSSR count). The van der Waals surface area contributed by atoms with Gasteiger partial charge in [-0.1, -0.05) is 29.8 Å². The topological polar surface area (TPSA) is 82.3 Å². The van der Waals surface area contributed by atoms with Crippen LogP contribution in [0.5, 0.6) is 0 Å². The maximum atomic E-state index is 6.21. The minimum absolute atomic E-state index is 0.503. The summed E-state index contributed by atoms with van der Waals surface area (Å²) in [5.74, 6) is 1.22. The third-order valence-corrected chi connectivity index (χ3v) is 4.42. The van der Waals surface area contributed by atoms with Crippen molar-refractivity contribution in [3.05, 3.63) is 41.2 Å². The third kappa shape index (κ3) is 4.05. The lowest BCUT2D eigenvalue weighted by molar-refractivity contribution is 0.178. The van der Waals surface area contributed by atoms with Crippen molar-refractivity contribution in [1.82, 2.24) is 19.9 Å². The zero-order valence-corrected chi connectivity index (χ0v) is 14.4. The van der Waals surface area contributed by atoms with Crippen LogP contribution in [0, 0.1) is 0 Å². The minimum atomic E-state index is 0.503. The summed E-state index contributed by atoms with van der Waals surface area (Å²) < 4.78 is 0. The second-order valence-electron chi connectivity index (χ2n) is 5.83. The molecule has 1 fully saturated rings. The smallest absolute Gasteiger partial charge is 0.169 e. The van der Waals surface area contributed by atoms with E-state index in [1.807, 2.05) is 24.3 Å². The molecule has 2 aromatic rings. The van der Waals surface area contributed by atoms with Gasteiger partial charge < -0.3 is 21.4 Å². The van der Waals surface area contributed by atoms with Gasteiger partial charge in [-0.05, 0) is 18.7 Å². The number of piperazine rings is 1. The molecule has 1 aliphatic rings. The molecule has 24 heavy (non-hydrogen) atoms. The third-order valence-electron chi connectivity index (χ3n) is 4.06. The maximum Gasteiger partial charge on any atom is 0.169 e. The second kappa shape index (κ2) is 7.65. The average molecular weight is 348 g/mol.